The summed E-state index contributed by atoms with van der Waals surface area (Å²) in [5.74, 6) is 0.678. The van der Waals surface area contributed by atoms with Crippen LogP contribution in [-0.4, -0.2) is 28.7 Å². The fraction of sp³-hybridized carbons (Fsp3) is 0.312. The maximum absolute atomic E-state index is 12.0. The first kappa shape index (κ1) is 17.1. The van der Waals surface area contributed by atoms with Gasteiger partial charge < -0.3 is 14.8 Å². The zero-order chi connectivity index (χ0) is 17.8. The molecule has 0 saturated carbocycles. The molecule has 1 aromatic carbocycles. The highest BCUT2D eigenvalue weighted by molar-refractivity contribution is 6.32. The summed E-state index contributed by atoms with van der Waals surface area (Å²) in [7, 11) is 0. The van der Waals surface area contributed by atoms with E-state index < -0.39 is 11.2 Å². The van der Waals surface area contributed by atoms with Gasteiger partial charge in [0, 0.05) is 25.2 Å². The topological polar surface area (TPSA) is 102 Å². The van der Waals surface area contributed by atoms with Crippen LogP contribution >= 0.6 is 11.6 Å². The second-order valence-corrected chi connectivity index (χ2v) is 5.88. The van der Waals surface area contributed by atoms with Crippen molar-refractivity contribution in [3.8, 4) is 11.5 Å². The van der Waals surface area contributed by atoms with Crippen LogP contribution in [0.2, 0.25) is 5.02 Å². The molecule has 2 N–H and O–H groups in total. The largest absolute Gasteiger partial charge is 0.489 e. The second kappa shape index (κ2) is 7.43. The lowest BCUT2D eigenvalue weighted by Crippen LogP contribution is -2.35. The van der Waals surface area contributed by atoms with Gasteiger partial charge >= 0.3 is 5.69 Å². The third kappa shape index (κ3) is 4.21. The summed E-state index contributed by atoms with van der Waals surface area (Å²) in [4.78, 5) is 36.7. The molecule has 1 aliphatic rings. The van der Waals surface area contributed by atoms with Gasteiger partial charge in [-0.25, -0.2) is 4.79 Å². The summed E-state index contributed by atoms with van der Waals surface area (Å²) >= 11 is 6.20. The lowest BCUT2D eigenvalue weighted by atomic mass is 10.2. The first-order valence-corrected chi connectivity index (χ1v) is 8.05. The molecule has 2 aromatic rings. The van der Waals surface area contributed by atoms with E-state index in [-0.39, 0.29) is 19.0 Å². The Balaban J connectivity index is 1.66. The molecule has 1 amide bonds. The standard InChI is InChI=1S/C16H16ClN3O5/c17-11-6-10(7-12-15(11)25-5-1-4-24-12)8-18-14(22)9-20-3-2-13(21)19-16(20)23/h2-3,6-7H,1,4-5,8-9H2,(H,18,22)(H,19,21,23). The van der Waals surface area contributed by atoms with E-state index in [1.165, 1.54) is 12.3 Å². The Morgan fingerprint density at radius 3 is 2.88 bits per heavy atom. The van der Waals surface area contributed by atoms with E-state index in [1.54, 1.807) is 12.1 Å². The van der Waals surface area contributed by atoms with Gasteiger partial charge in [-0.1, -0.05) is 11.6 Å². The number of benzene rings is 1. The number of ether oxygens (including phenoxy) is 2. The molecular weight excluding hydrogens is 350 g/mol. The number of H-pyrrole nitrogens is 1. The quantitative estimate of drug-likeness (QED) is 0.829. The average Bonchev–Trinajstić information content (AvgIpc) is 2.81. The number of aromatic nitrogens is 2. The molecule has 9 heteroatoms. The van der Waals surface area contributed by atoms with Crippen molar-refractivity contribution in [2.75, 3.05) is 13.2 Å². The van der Waals surface area contributed by atoms with Crippen molar-refractivity contribution < 1.29 is 14.3 Å². The van der Waals surface area contributed by atoms with Gasteiger partial charge in [0.1, 0.15) is 6.54 Å². The lowest BCUT2D eigenvalue weighted by Gasteiger charge is -2.12. The summed E-state index contributed by atoms with van der Waals surface area (Å²) in [6, 6.07) is 4.64. The van der Waals surface area contributed by atoms with E-state index >= 15 is 0 Å². The van der Waals surface area contributed by atoms with E-state index in [9.17, 15) is 14.4 Å². The molecule has 0 atom stereocenters. The molecule has 0 spiro atoms. The molecule has 0 aliphatic carbocycles. The zero-order valence-electron chi connectivity index (χ0n) is 13.2. The van der Waals surface area contributed by atoms with Crippen LogP contribution in [0.5, 0.6) is 11.5 Å². The van der Waals surface area contributed by atoms with Crippen LogP contribution in [0.15, 0.2) is 34.0 Å². The number of carbonyl (C=O) groups is 1. The van der Waals surface area contributed by atoms with Crippen LogP contribution in [0.4, 0.5) is 0 Å². The molecule has 1 aromatic heterocycles. The molecule has 1 aliphatic heterocycles. The number of nitrogens with zero attached hydrogens (tertiary/aromatic N) is 1. The normalized spacial score (nSPS) is 13.2. The second-order valence-electron chi connectivity index (χ2n) is 5.47. The third-order valence-corrected chi connectivity index (χ3v) is 3.84. The first-order chi connectivity index (χ1) is 12.0. The number of hydrogen-bond acceptors (Lipinski definition) is 5. The van der Waals surface area contributed by atoms with Crippen molar-refractivity contribution in [3.63, 3.8) is 0 Å². The number of halogens is 1. The van der Waals surface area contributed by atoms with E-state index in [0.29, 0.717) is 29.7 Å². The molecule has 132 valence electrons. The van der Waals surface area contributed by atoms with Gasteiger partial charge in [-0.2, -0.15) is 0 Å². The Hall–Kier alpha value is -2.74. The average molecular weight is 366 g/mol. The van der Waals surface area contributed by atoms with Gasteiger partial charge in [0.15, 0.2) is 11.5 Å². The van der Waals surface area contributed by atoms with Crippen LogP contribution in [0.3, 0.4) is 0 Å². The summed E-state index contributed by atoms with van der Waals surface area (Å²) < 4.78 is 12.3. The summed E-state index contributed by atoms with van der Waals surface area (Å²) in [6.07, 6.45) is 2.04. The highest BCUT2D eigenvalue weighted by atomic mass is 35.5. The molecule has 3 rings (SSSR count). The SMILES string of the molecule is O=C(Cn1ccc(=O)[nH]c1=O)NCc1cc(Cl)c2c(c1)OCCCO2. The lowest BCUT2D eigenvalue weighted by molar-refractivity contribution is -0.121. The maximum atomic E-state index is 12.0. The highest BCUT2D eigenvalue weighted by Gasteiger charge is 2.16. The number of aromatic amines is 1. The van der Waals surface area contributed by atoms with Gasteiger partial charge in [0.25, 0.3) is 5.56 Å². The number of rotatable bonds is 4. The molecule has 0 bridgehead atoms. The van der Waals surface area contributed by atoms with Crippen molar-refractivity contribution in [2.24, 2.45) is 0 Å². The minimum atomic E-state index is -0.638. The van der Waals surface area contributed by atoms with E-state index in [0.717, 1.165) is 16.6 Å². The zero-order valence-corrected chi connectivity index (χ0v) is 14.0. The molecular formula is C16H16ClN3O5. The number of carbonyl (C=O) groups excluding carboxylic acids is 1. The van der Waals surface area contributed by atoms with Crippen molar-refractivity contribution >= 4 is 17.5 Å². The Morgan fingerprint density at radius 1 is 1.28 bits per heavy atom. The van der Waals surface area contributed by atoms with Gasteiger partial charge in [0.2, 0.25) is 5.91 Å². The van der Waals surface area contributed by atoms with Crippen LogP contribution in [0.25, 0.3) is 0 Å². The van der Waals surface area contributed by atoms with Crippen molar-refractivity contribution in [1.29, 1.82) is 0 Å². The fourth-order valence-electron chi connectivity index (χ4n) is 2.37. The molecule has 8 nitrogen and oxygen atoms in total. The van der Waals surface area contributed by atoms with Gasteiger partial charge in [-0.05, 0) is 17.7 Å². The molecule has 2 heterocycles. The summed E-state index contributed by atoms with van der Waals surface area (Å²) in [5, 5.41) is 3.11. The molecule has 0 unspecified atom stereocenters. The van der Waals surface area contributed by atoms with Gasteiger partial charge in [0.05, 0.1) is 18.2 Å². The smallest absolute Gasteiger partial charge is 0.328 e. The van der Waals surface area contributed by atoms with E-state index in [4.69, 9.17) is 21.1 Å². The van der Waals surface area contributed by atoms with Crippen LogP contribution in [0, 0.1) is 0 Å². The summed E-state index contributed by atoms with van der Waals surface area (Å²) in [5.41, 5.74) is -0.402. The maximum Gasteiger partial charge on any atom is 0.328 e. The van der Waals surface area contributed by atoms with Crippen LogP contribution in [-0.2, 0) is 17.9 Å². The van der Waals surface area contributed by atoms with Crippen molar-refractivity contribution in [2.45, 2.75) is 19.5 Å². The number of fused-ring (bicyclic) bond motifs is 1. The van der Waals surface area contributed by atoms with Crippen LogP contribution < -0.4 is 26.0 Å². The highest BCUT2D eigenvalue weighted by Crippen LogP contribution is 2.37. The summed E-state index contributed by atoms with van der Waals surface area (Å²) in [6.45, 7) is 1.09. The predicted molar refractivity (Wildman–Crippen MR) is 90.2 cm³/mol. The predicted octanol–water partition coefficient (Wildman–Crippen LogP) is 0.668. The Labute approximate surface area is 147 Å². The minimum absolute atomic E-state index is 0.200. The first-order valence-electron chi connectivity index (χ1n) is 7.67. The third-order valence-electron chi connectivity index (χ3n) is 3.56. The van der Waals surface area contributed by atoms with Crippen molar-refractivity contribution in [3.05, 3.63) is 55.8 Å². The monoisotopic (exact) mass is 365 g/mol. The van der Waals surface area contributed by atoms with Gasteiger partial charge in [-0.3, -0.25) is 19.1 Å². The van der Waals surface area contributed by atoms with Crippen LogP contribution in [0.1, 0.15) is 12.0 Å². The molecule has 0 saturated heterocycles. The molecule has 0 radical (unpaired) electrons. The Bertz CT molecular complexity index is 905. The Morgan fingerprint density at radius 2 is 2.08 bits per heavy atom. The van der Waals surface area contributed by atoms with E-state index in [2.05, 4.69) is 10.3 Å². The number of nitrogens with one attached hydrogen (secondary N) is 2. The van der Waals surface area contributed by atoms with E-state index in [1.807, 2.05) is 0 Å². The van der Waals surface area contributed by atoms with Crippen molar-refractivity contribution in [1.82, 2.24) is 14.9 Å². The molecule has 25 heavy (non-hydrogen) atoms. The number of hydrogen-bond donors (Lipinski definition) is 2. The number of amides is 1. The minimum Gasteiger partial charge on any atom is -0.489 e. The van der Waals surface area contributed by atoms with Gasteiger partial charge in [-0.15, -0.1) is 0 Å². The fourth-order valence-corrected chi connectivity index (χ4v) is 2.65. The molecule has 0 fully saturated rings. The Kier molecular flexibility index (Phi) is 5.08.